The van der Waals surface area contributed by atoms with Crippen LogP contribution in [0.4, 0.5) is 13.2 Å². The Kier molecular flexibility index (Phi) is 4.38. The summed E-state index contributed by atoms with van der Waals surface area (Å²) in [7, 11) is 0. The van der Waals surface area contributed by atoms with Crippen LogP contribution in [0.2, 0.25) is 0 Å². The predicted molar refractivity (Wildman–Crippen MR) is 69.7 cm³/mol. The minimum Gasteiger partial charge on any atom is -0.255 e. The molecule has 0 radical (unpaired) electrons. The van der Waals surface area contributed by atoms with Crippen molar-refractivity contribution in [3.05, 3.63) is 28.8 Å². The first kappa shape index (κ1) is 15.4. The van der Waals surface area contributed by atoms with Crippen molar-refractivity contribution in [1.82, 2.24) is 4.72 Å². The fraction of sp³-hybridized carbons (Fsp3) is 0.538. The molecule has 0 aromatic heterocycles. The monoisotopic (exact) mass is 277 g/mol. The third kappa shape index (κ3) is 3.92. The molecule has 0 aliphatic heterocycles. The number of hydrogen-bond donors (Lipinski definition) is 1. The van der Waals surface area contributed by atoms with E-state index in [1.165, 1.54) is 31.9 Å². The summed E-state index contributed by atoms with van der Waals surface area (Å²) < 4.78 is 41.9. The number of benzene rings is 1. The third-order valence-electron chi connectivity index (χ3n) is 2.37. The molecule has 0 bridgehead atoms. The Labute approximate surface area is 110 Å². The van der Waals surface area contributed by atoms with Crippen molar-refractivity contribution in [2.45, 2.75) is 51.2 Å². The number of alkyl halides is 3. The molecule has 0 aliphatic rings. The van der Waals surface area contributed by atoms with E-state index in [2.05, 4.69) is 4.72 Å². The van der Waals surface area contributed by atoms with Crippen LogP contribution < -0.4 is 4.72 Å². The van der Waals surface area contributed by atoms with Crippen LogP contribution in [0.1, 0.15) is 37.5 Å². The normalized spacial score (nSPS) is 12.9. The van der Waals surface area contributed by atoms with Gasteiger partial charge in [-0.05, 0) is 63.8 Å². The van der Waals surface area contributed by atoms with Gasteiger partial charge in [0.1, 0.15) is 0 Å². The number of hydrogen-bond acceptors (Lipinski definition) is 2. The first-order valence-electron chi connectivity index (χ1n) is 5.64. The number of aryl methyl sites for hydroxylation is 1. The molecule has 1 aromatic carbocycles. The van der Waals surface area contributed by atoms with E-state index < -0.39 is 11.7 Å². The molecule has 0 heterocycles. The van der Waals surface area contributed by atoms with Gasteiger partial charge in [0.2, 0.25) is 0 Å². The van der Waals surface area contributed by atoms with Crippen molar-refractivity contribution in [3.8, 4) is 0 Å². The van der Waals surface area contributed by atoms with Crippen LogP contribution in [-0.2, 0) is 6.18 Å². The molecule has 1 aromatic rings. The second-order valence-electron chi connectivity index (χ2n) is 5.33. The molecule has 18 heavy (non-hydrogen) atoms. The summed E-state index contributed by atoms with van der Waals surface area (Å²) in [4.78, 5) is 0.614. The van der Waals surface area contributed by atoms with E-state index >= 15 is 0 Å². The summed E-state index contributed by atoms with van der Waals surface area (Å²) in [5, 5.41) is 0. The first-order chi connectivity index (χ1) is 8.02. The number of halogens is 3. The zero-order chi connectivity index (χ0) is 14.1. The lowest BCUT2D eigenvalue weighted by Gasteiger charge is -2.22. The highest BCUT2D eigenvalue weighted by molar-refractivity contribution is 7.97. The van der Waals surface area contributed by atoms with Gasteiger partial charge >= 0.3 is 6.18 Å². The lowest BCUT2D eigenvalue weighted by molar-refractivity contribution is -0.138. The maximum absolute atomic E-state index is 12.9. The Hall–Kier alpha value is -0.680. The highest BCUT2D eigenvalue weighted by atomic mass is 32.2. The number of rotatable bonds is 2. The topological polar surface area (TPSA) is 12.0 Å². The van der Waals surface area contributed by atoms with Gasteiger partial charge in [-0.1, -0.05) is 6.07 Å². The fourth-order valence-electron chi connectivity index (χ4n) is 1.58. The number of nitrogens with one attached hydrogen (secondary N) is 1. The predicted octanol–water partition coefficient (Wildman–Crippen LogP) is 4.72. The average molecular weight is 277 g/mol. The molecule has 1 rings (SSSR count). The lowest BCUT2D eigenvalue weighted by Crippen LogP contribution is -2.30. The second-order valence-corrected chi connectivity index (χ2v) is 6.18. The van der Waals surface area contributed by atoms with E-state index in [1.807, 2.05) is 20.8 Å². The molecule has 1 nitrogen and oxygen atoms in total. The van der Waals surface area contributed by atoms with Crippen LogP contribution in [0.3, 0.4) is 0 Å². The van der Waals surface area contributed by atoms with Crippen molar-refractivity contribution in [3.63, 3.8) is 0 Å². The summed E-state index contributed by atoms with van der Waals surface area (Å²) in [6.07, 6.45) is -4.30. The van der Waals surface area contributed by atoms with Gasteiger partial charge in [-0.2, -0.15) is 13.2 Å². The summed E-state index contributed by atoms with van der Waals surface area (Å²) in [6.45, 7) is 8.90. The minimum atomic E-state index is -4.30. The first-order valence-corrected chi connectivity index (χ1v) is 6.45. The van der Waals surface area contributed by atoms with Crippen LogP contribution in [0, 0.1) is 13.8 Å². The van der Waals surface area contributed by atoms with Gasteiger partial charge in [0.05, 0.1) is 5.56 Å². The van der Waals surface area contributed by atoms with Crippen molar-refractivity contribution in [2.75, 3.05) is 0 Å². The van der Waals surface area contributed by atoms with E-state index in [0.29, 0.717) is 4.90 Å². The summed E-state index contributed by atoms with van der Waals surface area (Å²) in [5.74, 6) is 0. The zero-order valence-electron chi connectivity index (χ0n) is 11.2. The maximum Gasteiger partial charge on any atom is 0.416 e. The van der Waals surface area contributed by atoms with E-state index in [4.69, 9.17) is 0 Å². The third-order valence-corrected chi connectivity index (χ3v) is 3.75. The van der Waals surface area contributed by atoms with Gasteiger partial charge < -0.3 is 0 Å². The van der Waals surface area contributed by atoms with Gasteiger partial charge in [0.15, 0.2) is 0 Å². The van der Waals surface area contributed by atoms with Gasteiger partial charge in [-0.25, -0.2) is 0 Å². The van der Waals surface area contributed by atoms with E-state index in [-0.39, 0.29) is 16.7 Å². The molecule has 0 aliphatic carbocycles. The molecule has 0 spiro atoms. The van der Waals surface area contributed by atoms with Gasteiger partial charge in [-0.3, -0.25) is 4.72 Å². The molecule has 0 fully saturated rings. The highest BCUT2D eigenvalue weighted by Crippen LogP contribution is 2.37. The average Bonchev–Trinajstić information content (AvgIpc) is 2.12. The van der Waals surface area contributed by atoms with Crippen molar-refractivity contribution in [1.29, 1.82) is 0 Å². The van der Waals surface area contributed by atoms with Crippen LogP contribution in [0.15, 0.2) is 17.0 Å². The molecule has 0 unspecified atom stereocenters. The van der Waals surface area contributed by atoms with Crippen molar-refractivity contribution >= 4 is 11.9 Å². The van der Waals surface area contributed by atoms with Crippen LogP contribution in [0.25, 0.3) is 0 Å². The van der Waals surface area contributed by atoms with Crippen LogP contribution in [-0.4, -0.2) is 5.54 Å². The Balaban J connectivity index is 3.10. The van der Waals surface area contributed by atoms with E-state index in [1.54, 1.807) is 6.07 Å². The minimum absolute atomic E-state index is 0.152. The Bertz CT molecular complexity index is 433. The molecule has 0 atom stereocenters. The molecule has 1 N–H and O–H groups in total. The smallest absolute Gasteiger partial charge is 0.255 e. The van der Waals surface area contributed by atoms with Crippen LogP contribution >= 0.6 is 11.9 Å². The van der Waals surface area contributed by atoms with Crippen molar-refractivity contribution < 1.29 is 13.2 Å². The molecular formula is C13H18F3NS. The van der Waals surface area contributed by atoms with Crippen molar-refractivity contribution in [2.24, 2.45) is 0 Å². The van der Waals surface area contributed by atoms with E-state index in [0.717, 1.165) is 0 Å². The lowest BCUT2D eigenvalue weighted by atomic mass is 10.0. The molecule has 102 valence electrons. The van der Waals surface area contributed by atoms with Gasteiger partial charge in [0, 0.05) is 10.4 Å². The highest BCUT2D eigenvalue weighted by Gasteiger charge is 2.35. The van der Waals surface area contributed by atoms with E-state index in [9.17, 15) is 13.2 Å². The zero-order valence-corrected chi connectivity index (χ0v) is 12.0. The van der Waals surface area contributed by atoms with Crippen LogP contribution in [0.5, 0.6) is 0 Å². The molecule has 0 saturated carbocycles. The maximum atomic E-state index is 12.9. The largest absolute Gasteiger partial charge is 0.416 e. The Morgan fingerprint density at radius 1 is 1.06 bits per heavy atom. The standard InChI is InChI=1S/C13H18F3NS/c1-8-6-7-10(18-17-12(3,4)5)9(2)11(8)13(14,15)16/h6-7,17H,1-5H3. The SMILES string of the molecule is Cc1ccc(SNC(C)(C)C)c(C)c1C(F)(F)F. The fourth-order valence-corrected chi connectivity index (χ4v) is 2.39. The molecule has 5 heteroatoms. The quantitative estimate of drug-likeness (QED) is 0.785. The van der Waals surface area contributed by atoms with Gasteiger partial charge in [-0.15, -0.1) is 0 Å². The molecular weight excluding hydrogens is 259 g/mol. The summed E-state index contributed by atoms with van der Waals surface area (Å²) in [5.41, 5.74) is -0.131. The van der Waals surface area contributed by atoms with Gasteiger partial charge in [0.25, 0.3) is 0 Å². The molecule has 0 amide bonds. The Morgan fingerprint density at radius 3 is 2.06 bits per heavy atom. The summed E-state index contributed by atoms with van der Waals surface area (Å²) >= 11 is 1.24. The Morgan fingerprint density at radius 2 is 1.61 bits per heavy atom. The second kappa shape index (κ2) is 5.13. The molecule has 0 saturated heterocycles. The summed E-state index contributed by atoms with van der Waals surface area (Å²) in [6, 6.07) is 3.24.